The largest absolute Gasteiger partial charge is 0.481 e. The second kappa shape index (κ2) is 9.36. The van der Waals surface area contributed by atoms with Gasteiger partial charge in [-0.05, 0) is 87.2 Å². The van der Waals surface area contributed by atoms with Crippen LogP contribution in [0.15, 0.2) is 12.1 Å². The monoisotopic (exact) mass is 471 g/mol. The number of hydrogen-bond acceptors (Lipinski definition) is 6. The molecule has 1 aromatic rings. The first-order valence-corrected chi connectivity index (χ1v) is 13.0. The molecule has 5 fully saturated rings. The van der Waals surface area contributed by atoms with E-state index in [1.54, 1.807) is 6.07 Å². The Hall–Kier alpha value is -2.35. The van der Waals surface area contributed by atoms with Crippen molar-refractivity contribution in [1.29, 1.82) is 0 Å². The number of carbonyl (C=O) groups excluding carboxylic acids is 1. The summed E-state index contributed by atoms with van der Waals surface area (Å²) in [4.78, 5) is 31.4. The SMILES string of the molecule is CCCOc1nc(N2CCCC(CC(=O)O)C2)ccc1C(=O)NC1C2CC3CC1CC(O)(C3)C2. The third-order valence-electron chi connectivity index (χ3n) is 8.38. The van der Waals surface area contributed by atoms with Crippen LogP contribution >= 0.6 is 0 Å². The maximum atomic E-state index is 13.4. The van der Waals surface area contributed by atoms with Crippen molar-refractivity contribution in [2.75, 3.05) is 24.6 Å². The topological polar surface area (TPSA) is 112 Å². The molecule has 1 aromatic heterocycles. The maximum absolute atomic E-state index is 13.4. The number of nitrogens with zero attached hydrogens (tertiary/aromatic N) is 2. The van der Waals surface area contributed by atoms with E-state index in [4.69, 9.17) is 9.72 Å². The predicted octanol–water partition coefficient (Wildman–Crippen LogP) is 3.23. The minimum Gasteiger partial charge on any atom is -0.481 e. The first-order chi connectivity index (χ1) is 16.3. The van der Waals surface area contributed by atoms with Crippen LogP contribution in [-0.2, 0) is 4.79 Å². The van der Waals surface area contributed by atoms with E-state index in [1.165, 1.54) is 0 Å². The molecule has 1 amide bonds. The lowest BCUT2D eigenvalue weighted by atomic mass is 9.52. The molecule has 186 valence electrons. The summed E-state index contributed by atoms with van der Waals surface area (Å²) in [5.41, 5.74) is -0.0766. The van der Waals surface area contributed by atoms with Crippen LogP contribution in [0.1, 0.15) is 75.1 Å². The number of pyridine rings is 1. The number of ether oxygens (including phenoxy) is 1. The van der Waals surface area contributed by atoms with Crippen molar-refractivity contribution in [2.45, 2.75) is 76.4 Å². The highest BCUT2D eigenvalue weighted by Crippen LogP contribution is 2.55. The van der Waals surface area contributed by atoms with Gasteiger partial charge in [0.25, 0.3) is 5.91 Å². The van der Waals surface area contributed by atoms with Crippen LogP contribution in [-0.4, -0.2) is 58.4 Å². The van der Waals surface area contributed by atoms with Crippen molar-refractivity contribution in [3.8, 4) is 5.88 Å². The number of amides is 1. The fourth-order valence-electron chi connectivity index (χ4n) is 7.22. The number of aliphatic hydroxyl groups is 1. The fourth-order valence-corrected chi connectivity index (χ4v) is 7.22. The lowest BCUT2D eigenvalue weighted by molar-refractivity contribution is -0.138. The van der Waals surface area contributed by atoms with Crippen molar-refractivity contribution < 1.29 is 24.5 Å². The number of piperidine rings is 1. The van der Waals surface area contributed by atoms with Crippen molar-refractivity contribution in [3.05, 3.63) is 17.7 Å². The molecule has 2 heterocycles. The van der Waals surface area contributed by atoms with E-state index < -0.39 is 11.6 Å². The number of nitrogens with one attached hydrogen (secondary N) is 1. The van der Waals surface area contributed by atoms with Gasteiger partial charge in [0.15, 0.2) is 0 Å². The number of carbonyl (C=O) groups is 2. The first-order valence-electron chi connectivity index (χ1n) is 13.0. The molecule has 8 heteroatoms. The first kappa shape index (κ1) is 23.4. The Morgan fingerprint density at radius 1 is 1.24 bits per heavy atom. The van der Waals surface area contributed by atoms with E-state index >= 15 is 0 Å². The average Bonchev–Trinajstić information content (AvgIpc) is 2.78. The van der Waals surface area contributed by atoms with Crippen LogP contribution in [0.3, 0.4) is 0 Å². The van der Waals surface area contributed by atoms with Crippen molar-refractivity contribution >= 4 is 17.7 Å². The second-order valence-corrected chi connectivity index (χ2v) is 11.1. The fraction of sp³-hybridized carbons (Fsp3) is 0.731. The van der Waals surface area contributed by atoms with Gasteiger partial charge >= 0.3 is 5.97 Å². The van der Waals surface area contributed by atoms with Crippen LogP contribution in [0.5, 0.6) is 5.88 Å². The summed E-state index contributed by atoms with van der Waals surface area (Å²) >= 11 is 0. The van der Waals surface area contributed by atoms with Gasteiger partial charge in [-0.25, -0.2) is 0 Å². The Balaban J connectivity index is 1.32. The number of rotatable bonds is 8. The molecule has 0 spiro atoms. The van der Waals surface area contributed by atoms with Crippen LogP contribution < -0.4 is 15.0 Å². The molecule has 3 unspecified atom stereocenters. The number of carboxylic acids is 1. The lowest BCUT2D eigenvalue weighted by Crippen LogP contribution is -2.61. The van der Waals surface area contributed by atoms with E-state index in [2.05, 4.69) is 10.2 Å². The predicted molar refractivity (Wildman–Crippen MR) is 127 cm³/mol. The summed E-state index contributed by atoms with van der Waals surface area (Å²) in [7, 11) is 0. The summed E-state index contributed by atoms with van der Waals surface area (Å²) in [5, 5.41) is 23.3. The Bertz CT molecular complexity index is 921. The van der Waals surface area contributed by atoms with Gasteiger partial charge in [-0.1, -0.05) is 6.92 Å². The highest BCUT2D eigenvalue weighted by atomic mass is 16.5. The number of carboxylic acid groups (broad SMARTS) is 1. The number of aromatic nitrogens is 1. The molecule has 3 N–H and O–H groups in total. The molecule has 4 aliphatic carbocycles. The summed E-state index contributed by atoms with van der Waals surface area (Å²) in [6.45, 7) is 3.96. The molecule has 1 aliphatic heterocycles. The molecule has 5 aliphatic rings. The van der Waals surface area contributed by atoms with Gasteiger partial charge in [0, 0.05) is 25.6 Å². The van der Waals surface area contributed by atoms with Gasteiger partial charge < -0.3 is 25.2 Å². The Morgan fingerprint density at radius 2 is 2.00 bits per heavy atom. The van der Waals surface area contributed by atoms with Gasteiger partial charge in [-0.3, -0.25) is 9.59 Å². The van der Waals surface area contributed by atoms with E-state index in [9.17, 15) is 19.8 Å². The Morgan fingerprint density at radius 3 is 2.68 bits per heavy atom. The smallest absolute Gasteiger partial charge is 0.303 e. The van der Waals surface area contributed by atoms with Crippen molar-refractivity contribution in [1.82, 2.24) is 10.3 Å². The van der Waals surface area contributed by atoms with Crippen LogP contribution in [0.25, 0.3) is 0 Å². The zero-order chi connectivity index (χ0) is 23.9. The van der Waals surface area contributed by atoms with Crippen molar-refractivity contribution in [2.24, 2.45) is 23.7 Å². The zero-order valence-electron chi connectivity index (χ0n) is 20.0. The quantitative estimate of drug-likeness (QED) is 0.534. The summed E-state index contributed by atoms with van der Waals surface area (Å²) in [6, 6.07) is 3.76. The molecule has 0 aromatic carbocycles. The lowest BCUT2D eigenvalue weighted by Gasteiger charge is -2.58. The van der Waals surface area contributed by atoms with Gasteiger partial charge in [0.2, 0.25) is 5.88 Å². The molecule has 4 bridgehead atoms. The summed E-state index contributed by atoms with van der Waals surface area (Å²) in [6.07, 6.45) is 7.47. The normalized spacial score (nSPS) is 34.2. The van der Waals surface area contributed by atoms with E-state index in [0.717, 1.165) is 63.7 Å². The van der Waals surface area contributed by atoms with Crippen LogP contribution in [0.2, 0.25) is 0 Å². The number of aliphatic carboxylic acids is 1. The number of anilines is 1. The van der Waals surface area contributed by atoms with Crippen LogP contribution in [0.4, 0.5) is 5.82 Å². The second-order valence-electron chi connectivity index (χ2n) is 11.1. The van der Waals surface area contributed by atoms with Gasteiger partial charge in [0.05, 0.1) is 12.2 Å². The molecule has 3 atom stereocenters. The highest BCUT2D eigenvalue weighted by molar-refractivity contribution is 5.97. The van der Waals surface area contributed by atoms with Gasteiger partial charge in [0.1, 0.15) is 11.4 Å². The van der Waals surface area contributed by atoms with Crippen LogP contribution in [0, 0.1) is 23.7 Å². The minimum absolute atomic E-state index is 0.0990. The molecule has 8 nitrogen and oxygen atoms in total. The van der Waals surface area contributed by atoms with E-state index in [1.807, 2.05) is 13.0 Å². The van der Waals surface area contributed by atoms with Gasteiger partial charge in [-0.15, -0.1) is 0 Å². The minimum atomic E-state index is -0.768. The standard InChI is InChI=1S/C26H37N3O5/c1-2-8-34-25-20(5-6-21(27-25)29-7-3-4-16(15-29)11-22(30)31)24(32)28-23-18-9-17-10-19(23)14-26(33,12-17)13-18/h5-6,16-19,23,33H,2-4,7-15H2,1H3,(H,28,32)(H,30,31). The van der Waals surface area contributed by atoms with E-state index in [-0.39, 0.29) is 24.3 Å². The molecule has 4 saturated carbocycles. The molecule has 6 rings (SSSR count). The third kappa shape index (κ3) is 4.74. The summed E-state index contributed by atoms with van der Waals surface area (Å²) in [5.74, 6) is 1.53. The highest BCUT2D eigenvalue weighted by Gasteiger charge is 2.55. The average molecular weight is 472 g/mol. The van der Waals surface area contributed by atoms with E-state index in [0.29, 0.717) is 42.3 Å². The molecular weight excluding hydrogens is 434 g/mol. The summed E-state index contributed by atoms with van der Waals surface area (Å²) < 4.78 is 5.92. The molecular formula is C26H37N3O5. The Labute approximate surface area is 201 Å². The molecule has 0 radical (unpaired) electrons. The third-order valence-corrected chi connectivity index (χ3v) is 8.38. The number of hydrogen-bond donors (Lipinski definition) is 3. The zero-order valence-corrected chi connectivity index (χ0v) is 20.0. The molecule has 1 saturated heterocycles. The van der Waals surface area contributed by atoms with Crippen molar-refractivity contribution in [3.63, 3.8) is 0 Å². The molecule has 34 heavy (non-hydrogen) atoms. The Kier molecular flexibility index (Phi) is 6.44. The maximum Gasteiger partial charge on any atom is 0.303 e. The van der Waals surface area contributed by atoms with Gasteiger partial charge in [-0.2, -0.15) is 4.98 Å².